The zero-order valence-electron chi connectivity index (χ0n) is 10.2. The number of rotatable bonds is 3. The largest absolute Gasteiger partial charge is 0.317 e. The topological polar surface area (TPSA) is 68.5 Å². The normalized spacial score (nSPS) is 16.9. The maximum atomic E-state index is 4.47. The zero-order chi connectivity index (χ0) is 12.2. The minimum atomic E-state index is 0.453. The number of pyridine rings is 1. The molecule has 0 atom stereocenters. The van der Waals surface area contributed by atoms with Crippen LogP contribution in [0.4, 0.5) is 0 Å². The summed E-state index contributed by atoms with van der Waals surface area (Å²) in [6.45, 7) is 2.72. The second-order valence-corrected chi connectivity index (χ2v) is 4.56. The van der Waals surface area contributed by atoms with Crippen LogP contribution < -0.4 is 5.32 Å². The molecule has 6 nitrogen and oxygen atoms in total. The molecule has 1 saturated heterocycles. The first kappa shape index (κ1) is 11.3. The molecule has 0 aliphatic carbocycles. The molecular weight excluding hydrogens is 228 g/mol. The van der Waals surface area contributed by atoms with Crippen LogP contribution >= 0.6 is 0 Å². The summed E-state index contributed by atoms with van der Waals surface area (Å²) in [6.07, 6.45) is 5.78. The van der Waals surface area contributed by atoms with Crippen molar-refractivity contribution in [1.82, 2.24) is 30.5 Å². The molecule has 2 aromatic rings. The van der Waals surface area contributed by atoms with E-state index in [1.54, 1.807) is 11.0 Å². The quantitative estimate of drug-likeness (QED) is 0.855. The van der Waals surface area contributed by atoms with E-state index >= 15 is 0 Å². The van der Waals surface area contributed by atoms with Gasteiger partial charge in [-0.25, -0.2) is 0 Å². The van der Waals surface area contributed by atoms with Crippen LogP contribution in [0.1, 0.15) is 30.1 Å². The fourth-order valence-electron chi connectivity index (χ4n) is 2.22. The van der Waals surface area contributed by atoms with Crippen molar-refractivity contribution in [2.24, 2.45) is 0 Å². The van der Waals surface area contributed by atoms with Crippen molar-refractivity contribution in [3.8, 4) is 0 Å². The average molecular weight is 244 g/mol. The van der Waals surface area contributed by atoms with Gasteiger partial charge in [0.15, 0.2) is 5.82 Å². The van der Waals surface area contributed by atoms with Crippen molar-refractivity contribution in [3.05, 3.63) is 35.9 Å². The van der Waals surface area contributed by atoms with Crippen LogP contribution in [0.2, 0.25) is 0 Å². The first-order valence-corrected chi connectivity index (χ1v) is 6.29. The number of piperidine rings is 1. The van der Waals surface area contributed by atoms with Crippen LogP contribution in [0.15, 0.2) is 24.5 Å². The molecule has 0 unspecified atom stereocenters. The van der Waals surface area contributed by atoms with Crippen molar-refractivity contribution in [1.29, 1.82) is 0 Å². The van der Waals surface area contributed by atoms with Gasteiger partial charge < -0.3 is 5.32 Å². The standard InChI is InChI=1S/C12H16N6/c1-2-10(8-14-5-1)9-18-16-12(15-17-18)11-3-6-13-7-4-11/h1-2,5,8,11,13H,3-4,6-7,9H2. The van der Waals surface area contributed by atoms with Crippen LogP contribution in [0, 0.1) is 0 Å². The number of aromatic nitrogens is 5. The summed E-state index contributed by atoms with van der Waals surface area (Å²) in [7, 11) is 0. The fraction of sp³-hybridized carbons (Fsp3) is 0.500. The third-order valence-corrected chi connectivity index (χ3v) is 3.22. The molecule has 2 aromatic heterocycles. The summed E-state index contributed by atoms with van der Waals surface area (Å²) in [4.78, 5) is 5.73. The van der Waals surface area contributed by atoms with Gasteiger partial charge in [0, 0.05) is 18.3 Å². The van der Waals surface area contributed by atoms with E-state index < -0.39 is 0 Å². The van der Waals surface area contributed by atoms with E-state index in [1.165, 1.54) is 0 Å². The van der Waals surface area contributed by atoms with Gasteiger partial charge in [-0.3, -0.25) is 4.98 Å². The van der Waals surface area contributed by atoms with Gasteiger partial charge in [0.2, 0.25) is 0 Å². The van der Waals surface area contributed by atoms with E-state index in [9.17, 15) is 0 Å². The van der Waals surface area contributed by atoms with Crippen LogP contribution in [-0.2, 0) is 6.54 Å². The second-order valence-electron chi connectivity index (χ2n) is 4.56. The molecule has 3 heterocycles. The van der Waals surface area contributed by atoms with Gasteiger partial charge in [0.05, 0.1) is 6.54 Å². The highest BCUT2D eigenvalue weighted by Crippen LogP contribution is 2.20. The highest BCUT2D eigenvalue weighted by atomic mass is 15.6. The molecule has 0 saturated carbocycles. The Morgan fingerprint density at radius 1 is 1.33 bits per heavy atom. The first-order chi connectivity index (χ1) is 8.92. The molecule has 0 aromatic carbocycles. The molecule has 0 bridgehead atoms. The van der Waals surface area contributed by atoms with Gasteiger partial charge >= 0.3 is 0 Å². The van der Waals surface area contributed by atoms with Gasteiger partial charge in [0.1, 0.15) is 0 Å². The van der Waals surface area contributed by atoms with Crippen LogP contribution in [0.5, 0.6) is 0 Å². The molecule has 1 aliphatic heterocycles. The smallest absolute Gasteiger partial charge is 0.177 e. The Hall–Kier alpha value is -1.82. The van der Waals surface area contributed by atoms with E-state index in [4.69, 9.17) is 0 Å². The van der Waals surface area contributed by atoms with Gasteiger partial charge in [-0.1, -0.05) is 6.07 Å². The maximum Gasteiger partial charge on any atom is 0.177 e. The number of nitrogens with zero attached hydrogens (tertiary/aromatic N) is 5. The van der Waals surface area contributed by atoms with E-state index in [2.05, 4.69) is 25.7 Å². The molecule has 94 valence electrons. The number of tetrazole rings is 1. The molecular formula is C12H16N6. The van der Waals surface area contributed by atoms with Gasteiger partial charge in [-0.2, -0.15) is 4.80 Å². The molecule has 0 spiro atoms. The summed E-state index contributed by atoms with van der Waals surface area (Å²) < 4.78 is 0. The molecule has 6 heteroatoms. The number of hydrogen-bond acceptors (Lipinski definition) is 5. The van der Waals surface area contributed by atoms with Gasteiger partial charge in [-0.05, 0) is 42.8 Å². The molecule has 3 rings (SSSR count). The highest BCUT2D eigenvalue weighted by Gasteiger charge is 2.19. The minimum absolute atomic E-state index is 0.453. The predicted octanol–water partition coefficient (Wildman–Crippen LogP) is 0.583. The lowest BCUT2D eigenvalue weighted by Gasteiger charge is -2.19. The van der Waals surface area contributed by atoms with Crippen molar-refractivity contribution in [2.45, 2.75) is 25.3 Å². The Labute approximate surface area is 105 Å². The van der Waals surface area contributed by atoms with Crippen molar-refractivity contribution in [2.75, 3.05) is 13.1 Å². The molecule has 0 radical (unpaired) electrons. The van der Waals surface area contributed by atoms with Crippen LogP contribution in [-0.4, -0.2) is 38.3 Å². The Morgan fingerprint density at radius 3 is 3.00 bits per heavy atom. The summed E-state index contributed by atoms with van der Waals surface area (Å²) in [6, 6.07) is 3.93. The highest BCUT2D eigenvalue weighted by molar-refractivity contribution is 5.08. The van der Waals surface area contributed by atoms with Crippen LogP contribution in [0.3, 0.4) is 0 Å². The third kappa shape index (κ3) is 2.53. The lowest BCUT2D eigenvalue weighted by atomic mass is 9.98. The van der Waals surface area contributed by atoms with Crippen LogP contribution in [0.25, 0.3) is 0 Å². The minimum Gasteiger partial charge on any atom is -0.317 e. The molecule has 1 N–H and O–H groups in total. The van der Waals surface area contributed by atoms with Crippen molar-refractivity contribution in [3.63, 3.8) is 0 Å². The zero-order valence-corrected chi connectivity index (χ0v) is 10.2. The second kappa shape index (κ2) is 5.22. The Kier molecular flexibility index (Phi) is 3.27. The summed E-state index contributed by atoms with van der Waals surface area (Å²) in [5.41, 5.74) is 1.09. The monoisotopic (exact) mass is 244 g/mol. The number of hydrogen-bond donors (Lipinski definition) is 1. The average Bonchev–Trinajstić information content (AvgIpc) is 2.89. The van der Waals surface area contributed by atoms with E-state index in [0.29, 0.717) is 12.5 Å². The van der Waals surface area contributed by atoms with Crippen molar-refractivity contribution >= 4 is 0 Å². The molecule has 1 aliphatic rings. The first-order valence-electron chi connectivity index (χ1n) is 6.29. The van der Waals surface area contributed by atoms with Gasteiger partial charge in [-0.15, -0.1) is 10.2 Å². The lowest BCUT2D eigenvalue weighted by Crippen LogP contribution is -2.27. The Balaban J connectivity index is 1.69. The SMILES string of the molecule is c1cncc(Cn2nnc(C3CCNCC3)n2)c1. The summed E-state index contributed by atoms with van der Waals surface area (Å²) in [5, 5.41) is 16.1. The number of nitrogens with one attached hydrogen (secondary N) is 1. The Bertz CT molecular complexity index is 488. The Morgan fingerprint density at radius 2 is 2.22 bits per heavy atom. The molecule has 0 amide bonds. The lowest BCUT2D eigenvalue weighted by molar-refractivity contribution is 0.442. The van der Waals surface area contributed by atoms with E-state index in [1.807, 2.05) is 18.3 Å². The van der Waals surface area contributed by atoms with Gasteiger partial charge in [0.25, 0.3) is 0 Å². The molecule has 18 heavy (non-hydrogen) atoms. The van der Waals surface area contributed by atoms with E-state index in [0.717, 1.165) is 37.3 Å². The van der Waals surface area contributed by atoms with E-state index in [-0.39, 0.29) is 0 Å². The molecule has 1 fully saturated rings. The third-order valence-electron chi connectivity index (χ3n) is 3.22. The predicted molar refractivity (Wildman–Crippen MR) is 66.0 cm³/mol. The fourth-order valence-corrected chi connectivity index (χ4v) is 2.22. The summed E-state index contributed by atoms with van der Waals surface area (Å²) in [5.74, 6) is 1.33. The summed E-state index contributed by atoms with van der Waals surface area (Å²) >= 11 is 0. The van der Waals surface area contributed by atoms with Crippen molar-refractivity contribution < 1.29 is 0 Å². The maximum absolute atomic E-state index is 4.47.